The lowest BCUT2D eigenvalue weighted by Crippen LogP contribution is -2.43. The molecule has 1 rings (SSSR count). The minimum absolute atomic E-state index is 0.121. The maximum atomic E-state index is 12.2. The van der Waals surface area contributed by atoms with Crippen LogP contribution in [-0.4, -0.2) is 23.7 Å². The van der Waals surface area contributed by atoms with E-state index in [-0.39, 0.29) is 17.2 Å². The van der Waals surface area contributed by atoms with Gasteiger partial charge in [0.25, 0.3) is 5.91 Å². The highest BCUT2D eigenvalue weighted by molar-refractivity contribution is 9.10. The molecule has 0 spiro atoms. The Morgan fingerprint density at radius 1 is 1.40 bits per heavy atom. The lowest BCUT2D eigenvalue weighted by molar-refractivity contribution is 0.0138. The molecule has 112 valence electrons. The maximum Gasteiger partial charge on any atom is 0.252 e. The van der Waals surface area contributed by atoms with Crippen LogP contribution in [0.3, 0.4) is 0 Å². The van der Waals surface area contributed by atoms with Gasteiger partial charge in [-0.3, -0.25) is 4.79 Å². The molecule has 0 aromatic heterocycles. The summed E-state index contributed by atoms with van der Waals surface area (Å²) in [5.41, 5.74) is 1.31. The van der Waals surface area contributed by atoms with Crippen LogP contribution < -0.4 is 5.32 Å². The zero-order chi connectivity index (χ0) is 15.5. The van der Waals surface area contributed by atoms with Crippen molar-refractivity contribution in [3.8, 4) is 0 Å². The van der Waals surface area contributed by atoms with Crippen LogP contribution >= 0.6 is 15.9 Å². The Bertz CT molecular complexity index is 483. The van der Waals surface area contributed by atoms with Crippen molar-refractivity contribution in [1.82, 2.24) is 5.32 Å². The molecule has 0 aliphatic heterocycles. The zero-order valence-electron chi connectivity index (χ0n) is 12.8. The Kier molecular flexibility index (Phi) is 5.78. The molecule has 0 saturated heterocycles. The number of hydrogen-bond donors (Lipinski definition) is 2. The van der Waals surface area contributed by atoms with E-state index in [9.17, 15) is 9.90 Å². The Labute approximate surface area is 129 Å². The van der Waals surface area contributed by atoms with Crippen molar-refractivity contribution in [3.05, 3.63) is 33.8 Å². The molecule has 0 saturated carbocycles. The molecule has 2 N–H and O–H groups in total. The minimum Gasteiger partial charge on any atom is -0.392 e. The van der Waals surface area contributed by atoms with E-state index >= 15 is 0 Å². The van der Waals surface area contributed by atoms with Crippen LogP contribution in [0.1, 0.15) is 43.6 Å². The van der Waals surface area contributed by atoms with E-state index in [2.05, 4.69) is 21.2 Å². The van der Waals surface area contributed by atoms with Crippen molar-refractivity contribution in [2.45, 2.75) is 40.7 Å². The second-order valence-electron chi connectivity index (χ2n) is 6.34. The van der Waals surface area contributed by atoms with Crippen molar-refractivity contribution in [3.63, 3.8) is 0 Å². The number of halogens is 1. The monoisotopic (exact) mass is 341 g/mol. The van der Waals surface area contributed by atoms with E-state index < -0.39 is 6.10 Å². The number of carbonyl (C=O) groups is 1. The molecule has 0 heterocycles. The number of benzene rings is 1. The molecule has 3 nitrogen and oxygen atoms in total. The van der Waals surface area contributed by atoms with Crippen LogP contribution in [0.2, 0.25) is 0 Å². The molecule has 20 heavy (non-hydrogen) atoms. The van der Waals surface area contributed by atoms with Gasteiger partial charge < -0.3 is 10.4 Å². The molecule has 1 amide bonds. The first kappa shape index (κ1) is 17.2. The van der Waals surface area contributed by atoms with E-state index in [1.807, 2.05) is 52.8 Å². The van der Waals surface area contributed by atoms with Gasteiger partial charge in [0.15, 0.2) is 0 Å². The number of nitrogens with one attached hydrogen (secondary N) is 1. The Hall–Kier alpha value is -0.870. The summed E-state index contributed by atoms with van der Waals surface area (Å²) in [6, 6.07) is 5.68. The van der Waals surface area contributed by atoms with E-state index in [1.165, 1.54) is 0 Å². The first-order chi connectivity index (χ1) is 9.15. The largest absolute Gasteiger partial charge is 0.392 e. The molecular weight excluding hydrogens is 318 g/mol. The lowest BCUT2D eigenvalue weighted by Gasteiger charge is -2.33. The summed E-state index contributed by atoms with van der Waals surface area (Å²) in [5.74, 6) is 0.0391. The summed E-state index contributed by atoms with van der Waals surface area (Å²) in [6.45, 7) is 10.3. The van der Waals surface area contributed by atoms with Gasteiger partial charge in [0, 0.05) is 16.4 Å². The van der Waals surface area contributed by atoms with Crippen molar-refractivity contribution in [2.75, 3.05) is 6.54 Å². The molecule has 1 atom stereocenters. The van der Waals surface area contributed by atoms with Gasteiger partial charge in [0.05, 0.1) is 11.7 Å². The van der Waals surface area contributed by atoms with E-state index in [0.717, 1.165) is 10.0 Å². The fraction of sp³-hybridized carbons (Fsp3) is 0.562. The molecule has 1 unspecified atom stereocenters. The van der Waals surface area contributed by atoms with E-state index in [1.54, 1.807) is 0 Å². The summed E-state index contributed by atoms with van der Waals surface area (Å²) >= 11 is 3.39. The predicted octanol–water partition coefficient (Wildman–Crippen LogP) is 3.53. The Balaban J connectivity index is 2.75. The predicted molar refractivity (Wildman–Crippen MR) is 85.8 cm³/mol. The number of aryl methyl sites for hydroxylation is 1. The number of hydrogen-bond acceptors (Lipinski definition) is 2. The van der Waals surface area contributed by atoms with Crippen molar-refractivity contribution in [1.29, 1.82) is 0 Å². The van der Waals surface area contributed by atoms with Gasteiger partial charge in [-0.25, -0.2) is 0 Å². The molecule has 0 aliphatic carbocycles. The van der Waals surface area contributed by atoms with Gasteiger partial charge in [0.2, 0.25) is 0 Å². The van der Waals surface area contributed by atoms with Crippen LogP contribution in [0.4, 0.5) is 0 Å². The highest BCUT2D eigenvalue weighted by Crippen LogP contribution is 2.25. The summed E-state index contributed by atoms with van der Waals surface area (Å²) in [5, 5.41) is 13.1. The van der Waals surface area contributed by atoms with Crippen molar-refractivity contribution >= 4 is 21.8 Å². The number of aliphatic hydroxyl groups is 1. The van der Waals surface area contributed by atoms with Crippen LogP contribution in [0.5, 0.6) is 0 Å². The van der Waals surface area contributed by atoms with E-state index in [0.29, 0.717) is 12.1 Å². The van der Waals surface area contributed by atoms with Crippen LogP contribution in [0, 0.1) is 18.3 Å². The highest BCUT2D eigenvalue weighted by atomic mass is 79.9. The van der Waals surface area contributed by atoms with Crippen LogP contribution in [-0.2, 0) is 0 Å². The third-order valence-corrected chi connectivity index (χ3v) is 4.19. The van der Waals surface area contributed by atoms with Gasteiger partial charge in [-0.2, -0.15) is 0 Å². The van der Waals surface area contributed by atoms with Crippen molar-refractivity contribution in [2.24, 2.45) is 11.3 Å². The van der Waals surface area contributed by atoms with Crippen LogP contribution in [0.25, 0.3) is 0 Å². The minimum atomic E-state index is -0.455. The van der Waals surface area contributed by atoms with Gasteiger partial charge >= 0.3 is 0 Å². The SMILES string of the molecule is Cc1ccc(Br)c(C(=O)NCC(C)(C)C(O)C(C)C)c1. The third-order valence-electron chi connectivity index (χ3n) is 3.50. The van der Waals surface area contributed by atoms with Crippen molar-refractivity contribution < 1.29 is 9.90 Å². The quantitative estimate of drug-likeness (QED) is 0.860. The zero-order valence-corrected chi connectivity index (χ0v) is 14.4. The fourth-order valence-corrected chi connectivity index (χ4v) is 2.65. The average molecular weight is 342 g/mol. The van der Waals surface area contributed by atoms with Gasteiger partial charge in [-0.1, -0.05) is 39.3 Å². The summed E-state index contributed by atoms with van der Waals surface area (Å²) in [6.07, 6.45) is -0.455. The van der Waals surface area contributed by atoms with Crippen LogP contribution in [0.15, 0.2) is 22.7 Å². The summed E-state index contributed by atoms with van der Waals surface area (Å²) in [7, 11) is 0. The van der Waals surface area contributed by atoms with E-state index in [4.69, 9.17) is 0 Å². The number of amides is 1. The molecular formula is C16H24BrNO2. The molecule has 1 aromatic carbocycles. The molecule has 0 fully saturated rings. The standard InChI is InChI=1S/C16H24BrNO2/c1-10(2)14(19)16(4,5)9-18-15(20)12-8-11(3)6-7-13(12)17/h6-8,10,14,19H,9H2,1-5H3,(H,18,20). The smallest absolute Gasteiger partial charge is 0.252 e. The first-order valence-corrected chi connectivity index (χ1v) is 7.67. The normalized spacial score (nSPS) is 13.4. The fourth-order valence-electron chi connectivity index (χ4n) is 2.22. The average Bonchev–Trinajstić information content (AvgIpc) is 2.37. The third kappa shape index (κ3) is 4.32. The van der Waals surface area contributed by atoms with Gasteiger partial charge in [-0.15, -0.1) is 0 Å². The summed E-state index contributed by atoms with van der Waals surface area (Å²) in [4.78, 5) is 12.2. The maximum absolute atomic E-state index is 12.2. The Morgan fingerprint density at radius 2 is 2.00 bits per heavy atom. The molecule has 0 bridgehead atoms. The van der Waals surface area contributed by atoms with Gasteiger partial charge in [-0.05, 0) is 40.9 Å². The second kappa shape index (κ2) is 6.72. The molecule has 0 aliphatic rings. The number of carbonyl (C=O) groups excluding carboxylic acids is 1. The highest BCUT2D eigenvalue weighted by Gasteiger charge is 2.30. The molecule has 0 radical (unpaired) electrons. The van der Waals surface area contributed by atoms with Gasteiger partial charge in [0.1, 0.15) is 0 Å². The number of rotatable bonds is 5. The topological polar surface area (TPSA) is 49.3 Å². The molecule has 1 aromatic rings. The second-order valence-corrected chi connectivity index (χ2v) is 7.20. The Morgan fingerprint density at radius 3 is 2.55 bits per heavy atom. The number of aliphatic hydroxyl groups excluding tert-OH is 1. The lowest BCUT2D eigenvalue weighted by atomic mass is 9.80. The first-order valence-electron chi connectivity index (χ1n) is 6.87. The molecule has 4 heteroatoms. The summed E-state index contributed by atoms with van der Waals surface area (Å²) < 4.78 is 0.780.